The highest BCUT2D eigenvalue weighted by molar-refractivity contribution is 6.07. The number of alkyl halides is 21. The Morgan fingerprint density at radius 3 is 1.22 bits per heavy atom. The second-order valence-corrected chi connectivity index (χ2v) is 21.3. The number of likely N-dealkylation sites (tertiary alicyclic amines) is 2. The van der Waals surface area contributed by atoms with Gasteiger partial charge in [-0.05, 0) is 30.2 Å². The molecular formula is C58H71F21N2O12. The molecule has 35 heteroatoms. The van der Waals surface area contributed by atoms with Crippen molar-refractivity contribution >= 4 is 29.7 Å². The Kier molecular flexibility index (Phi) is 27.5. The molecule has 4 saturated heterocycles. The molecule has 11 atom stereocenters. The monoisotopic (exact) mass is 1390 g/mol. The maximum Gasteiger partial charge on any atom is 0.460 e. The Morgan fingerprint density at radius 1 is 0.462 bits per heavy atom. The van der Waals surface area contributed by atoms with E-state index in [0.29, 0.717) is 72.1 Å². The second kappa shape index (κ2) is 31.3. The summed E-state index contributed by atoms with van der Waals surface area (Å²) in [4.78, 5) is 53.1. The van der Waals surface area contributed by atoms with Crippen LogP contribution in [-0.4, -0.2) is 211 Å². The highest BCUT2D eigenvalue weighted by Gasteiger charge is 2.98. The Bertz CT molecular complexity index is 2730. The number of allylic oxidation sites excluding steroid dienone is 2. The van der Waals surface area contributed by atoms with Crippen molar-refractivity contribution in [3.8, 4) is 0 Å². The molecule has 1 aromatic rings. The molecule has 1 saturated carbocycles. The van der Waals surface area contributed by atoms with E-state index in [2.05, 4.69) is 6.58 Å². The number of methoxy groups -OCH3 is 2. The average Bonchev–Trinajstić information content (AvgIpc) is 1.69. The zero-order valence-corrected chi connectivity index (χ0v) is 47.1. The fourth-order valence-electron chi connectivity index (χ4n) is 11.0. The predicted molar refractivity (Wildman–Crippen MR) is 286 cm³/mol. The number of ether oxygens (including phenoxy) is 8. The van der Waals surface area contributed by atoms with Crippen LogP contribution in [-0.2, 0) is 57.1 Å². The molecule has 7 aliphatic rings. The molecule has 5 heterocycles. The minimum Gasteiger partial charge on any atom is -0.382 e. The minimum absolute atomic E-state index is 0. The predicted octanol–water partition coefficient (Wildman–Crippen LogP) is 11.9. The van der Waals surface area contributed by atoms with Crippen molar-refractivity contribution in [1.29, 1.82) is 0 Å². The van der Waals surface area contributed by atoms with Gasteiger partial charge in [0.15, 0.2) is 0 Å². The lowest BCUT2D eigenvalue weighted by Gasteiger charge is -2.45. The van der Waals surface area contributed by atoms with Gasteiger partial charge >= 0.3 is 59.5 Å². The van der Waals surface area contributed by atoms with Crippen molar-refractivity contribution in [3.05, 3.63) is 78.9 Å². The molecule has 4 amide bonds. The maximum absolute atomic E-state index is 14.3. The molecule has 0 aromatic heterocycles. The Morgan fingerprint density at radius 2 is 0.839 bits per heavy atom. The summed E-state index contributed by atoms with van der Waals surface area (Å²) in [5, 5.41) is 0. The highest BCUT2D eigenvalue weighted by Crippen LogP contribution is 2.68. The first-order chi connectivity index (χ1) is 41.7. The molecular weight excluding hydrogens is 1320 g/mol. The summed E-state index contributed by atoms with van der Waals surface area (Å²) in [5.41, 5.74) is 1.01. The second-order valence-electron chi connectivity index (χ2n) is 21.3. The van der Waals surface area contributed by atoms with Crippen molar-refractivity contribution in [3.63, 3.8) is 0 Å². The third kappa shape index (κ3) is 15.1. The number of nitrogens with zero attached hydrogens (tertiary/aromatic N) is 2. The molecule has 5 fully saturated rings. The number of hydrogen-bond acceptors (Lipinski definition) is 12. The lowest BCUT2D eigenvalue weighted by Crippen LogP contribution is -2.77. The summed E-state index contributed by atoms with van der Waals surface area (Å²) in [6, 6.07) is 9.77. The third-order valence-electron chi connectivity index (χ3n) is 15.8. The molecule has 0 N–H and O–H groups in total. The first-order valence-corrected chi connectivity index (χ1v) is 27.2. The number of hydrogen-bond donors (Lipinski definition) is 0. The molecule has 2 aliphatic carbocycles. The van der Waals surface area contributed by atoms with Crippen molar-refractivity contribution in [2.45, 2.75) is 119 Å². The van der Waals surface area contributed by atoms with Gasteiger partial charge < -0.3 is 37.9 Å². The highest BCUT2D eigenvalue weighted by atomic mass is 19.4. The van der Waals surface area contributed by atoms with Crippen LogP contribution in [0.4, 0.5) is 92.2 Å². The molecule has 93 heavy (non-hydrogen) atoms. The van der Waals surface area contributed by atoms with Crippen LogP contribution < -0.4 is 0 Å². The summed E-state index contributed by atoms with van der Waals surface area (Å²) in [7, 11) is 3.23. The van der Waals surface area contributed by atoms with Gasteiger partial charge in [-0.2, -0.15) is 92.2 Å². The lowest BCUT2D eigenvalue weighted by molar-refractivity contribution is -0.475. The normalized spacial score (nSPS) is 26.2. The summed E-state index contributed by atoms with van der Waals surface area (Å²) < 4.78 is 324. The Labute approximate surface area is 520 Å². The number of rotatable bonds is 30. The molecule has 8 rings (SSSR count). The molecule has 14 nitrogen and oxygen atoms in total. The van der Waals surface area contributed by atoms with E-state index in [0.717, 1.165) is 11.6 Å². The van der Waals surface area contributed by atoms with Gasteiger partial charge in [0.05, 0.1) is 127 Å². The molecule has 0 spiro atoms. The Balaban J connectivity index is 0.000000369. The number of carbonyl (C=O) groups excluding carboxylic acids is 4. The summed E-state index contributed by atoms with van der Waals surface area (Å²) in [6.07, 6.45) is -0.0950. The van der Waals surface area contributed by atoms with Crippen molar-refractivity contribution < 1.29 is 149 Å². The number of imide groups is 2. The summed E-state index contributed by atoms with van der Waals surface area (Å²) in [6.45, 7) is 8.76. The third-order valence-corrected chi connectivity index (χ3v) is 15.8. The molecule has 0 radical (unpaired) electrons. The lowest BCUT2D eigenvalue weighted by atomic mass is 9.80. The van der Waals surface area contributed by atoms with Gasteiger partial charge in [0.2, 0.25) is 23.6 Å². The van der Waals surface area contributed by atoms with Crippen LogP contribution in [0.3, 0.4) is 0 Å². The minimum atomic E-state index is -9.13. The number of amides is 4. The smallest absolute Gasteiger partial charge is 0.382 e. The van der Waals surface area contributed by atoms with E-state index in [9.17, 15) is 111 Å². The maximum atomic E-state index is 14.3. The van der Waals surface area contributed by atoms with Crippen LogP contribution in [0.25, 0.3) is 6.08 Å². The quantitative estimate of drug-likeness (QED) is 0.0312. The van der Waals surface area contributed by atoms with E-state index in [4.69, 9.17) is 37.9 Å². The molecule has 9 unspecified atom stereocenters. The molecule has 532 valence electrons. The van der Waals surface area contributed by atoms with Crippen LogP contribution in [0.1, 0.15) is 40.7 Å². The van der Waals surface area contributed by atoms with Crippen molar-refractivity contribution in [1.82, 2.24) is 9.80 Å². The van der Waals surface area contributed by atoms with Crippen molar-refractivity contribution in [2.24, 2.45) is 41.4 Å². The van der Waals surface area contributed by atoms with Crippen molar-refractivity contribution in [2.75, 3.05) is 93.4 Å². The van der Waals surface area contributed by atoms with E-state index < -0.39 is 114 Å². The van der Waals surface area contributed by atoms with Crippen LogP contribution in [0.15, 0.2) is 73.4 Å². The van der Waals surface area contributed by atoms with E-state index in [1.54, 1.807) is 20.3 Å². The van der Waals surface area contributed by atoms with E-state index in [1.165, 1.54) is 9.80 Å². The fourth-order valence-corrected chi connectivity index (χ4v) is 11.0. The molecule has 4 bridgehead atoms. The largest absolute Gasteiger partial charge is 0.460 e. The van der Waals surface area contributed by atoms with Crippen LogP contribution in [0.5, 0.6) is 0 Å². The first-order valence-electron chi connectivity index (χ1n) is 27.2. The molecule has 5 aliphatic heterocycles. The van der Waals surface area contributed by atoms with Gasteiger partial charge in [-0.15, -0.1) is 6.58 Å². The summed E-state index contributed by atoms with van der Waals surface area (Å²) in [5.74, 6) is -84.6. The van der Waals surface area contributed by atoms with Crippen LogP contribution >= 0.6 is 0 Å². The van der Waals surface area contributed by atoms with E-state index in [-0.39, 0.29) is 83.1 Å². The SMILES string of the molecule is C.C.C.C=CC1OC(/C=C\c2ccccc2)[C@@H]2C(=O)N(CCOCCOCCOC)C(=O)[C@H]12.COCCOCCOCCN1C(=O)C2C3C=CC(O3)C2C1=O.FC(F)(F)C(F)(F)C(F)(F)C(F)(F)C(F)(F)C(F)(F)C(F)(F)C(F)(F)C(F)(F)C(F)(F)C1CC2C=CC1C2. The van der Waals surface area contributed by atoms with Gasteiger partial charge in [-0.25, -0.2) is 0 Å². The summed E-state index contributed by atoms with van der Waals surface area (Å²) >= 11 is 0. The molecule has 1 aromatic carbocycles. The fraction of sp³-hybridized carbons (Fsp3) is 0.690. The van der Waals surface area contributed by atoms with Crippen LogP contribution in [0.2, 0.25) is 0 Å². The number of halogens is 21. The van der Waals surface area contributed by atoms with Gasteiger partial charge in [-0.1, -0.05) is 95.1 Å². The van der Waals surface area contributed by atoms with Gasteiger partial charge in [0.25, 0.3) is 0 Å². The Hall–Kier alpha value is -5.33. The zero-order chi connectivity index (χ0) is 67.4. The number of carbonyl (C=O) groups is 4. The zero-order valence-electron chi connectivity index (χ0n) is 47.1. The topological polar surface area (TPSA) is 149 Å². The van der Waals surface area contributed by atoms with E-state index >= 15 is 0 Å². The number of fused-ring (bicyclic) bond motifs is 8. The van der Waals surface area contributed by atoms with E-state index in [1.807, 2.05) is 54.6 Å². The van der Waals surface area contributed by atoms with Gasteiger partial charge in [0.1, 0.15) is 0 Å². The average molecular weight is 1390 g/mol. The number of benzene rings is 1. The van der Waals surface area contributed by atoms with Gasteiger partial charge in [-0.3, -0.25) is 29.0 Å². The van der Waals surface area contributed by atoms with Crippen LogP contribution in [0, 0.1) is 41.4 Å². The van der Waals surface area contributed by atoms with Gasteiger partial charge in [0, 0.05) is 20.1 Å². The first kappa shape index (κ1) is 81.9. The standard InChI is InChI=1S/C23H29NO6.C17H9F21.C15H21NO6.3CH4/c1-3-18-20-21(19(30-18)10-9-17-7-5-4-6-8-17)23(26)24(22(20)25)11-12-28-15-16-29-14-13-27-2;18-8(19,7-4-5-1-2-6(7)3-5)9(20,21)10(22,23)11(24,25)12(26,27)13(28,29)14(30,31)15(32,33)16(34,35)17(36,37)38;1-19-6-7-21-9-8-20-5-4-16-14(17)12-10-2-3-11(22-10)13(12)15(16)18;;;/h3-10,18-21H,1,11-16H2,2H3;1-2,5-7H,3-4H2;2-3,10-13H,4-9H2,1H3;3*1H4/b10-9-;;;;;/t18?,19?,20-,21+;;;;;/m1...../s1.